The zero-order chi connectivity index (χ0) is 17.1. The number of hydrogen-bond donors (Lipinski definition) is 2. The molecular formula is C17H15F2N5. The number of nitrogens with one attached hydrogen (secondary N) is 2. The van der Waals surface area contributed by atoms with Crippen molar-refractivity contribution in [2.75, 3.05) is 10.6 Å². The van der Waals surface area contributed by atoms with Crippen LogP contribution in [-0.2, 0) is 0 Å². The number of hydrogen-bond acceptors (Lipinski definition) is 5. The summed E-state index contributed by atoms with van der Waals surface area (Å²) in [7, 11) is 0. The molecule has 0 unspecified atom stereocenters. The maximum absolute atomic E-state index is 13.3. The van der Waals surface area contributed by atoms with E-state index < -0.39 is 11.6 Å². The van der Waals surface area contributed by atoms with Crippen LogP contribution in [0.1, 0.15) is 11.1 Å². The van der Waals surface area contributed by atoms with Gasteiger partial charge in [0.15, 0.2) is 17.5 Å². The van der Waals surface area contributed by atoms with Crippen LogP contribution in [0.4, 0.5) is 31.9 Å². The SMILES string of the molecule is Cc1cccc(Nc2nncc(Nc3ccc(F)c(F)c3)n2)c1C. The van der Waals surface area contributed by atoms with Crippen molar-refractivity contribution in [2.45, 2.75) is 13.8 Å². The number of nitrogens with zero attached hydrogens (tertiary/aromatic N) is 3. The van der Waals surface area contributed by atoms with Crippen LogP contribution in [0.5, 0.6) is 0 Å². The molecule has 122 valence electrons. The maximum atomic E-state index is 13.3. The highest BCUT2D eigenvalue weighted by atomic mass is 19.2. The minimum atomic E-state index is -0.934. The lowest BCUT2D eigenvalue weighted by Crippen LogP contribution is -2.04. The second kappa shape index (κ2) is 6.57. The number of halogens is 2. The van der Waals surface area contributed by atoms with Crippen molar-refractivity contribution in [3.8, 4) is 0 Å². The van der Waals surface area contributed by atoms with Gasteiger partial charge in [0.05, 0.1) is 6.20 Å². The fourth-order valence-corrected chi connectivity index (χ4v) is 2.15. The Morgan fingerprint density at radius 1 is 0.958 bits per heavy atom. The first kappa shape index (κ1) is 15.8. The van der Waals surface area contributed by atoms with Gasteiger partial charge in [-0.3, -0.25) is 0 Å². The molecule has 0 saturated carbocycles. The van der Waals surface area contributed by atoms with E-state index in [9.17, 15) is 8.78 Å². The Labute approximate surface area is 137 Å². The molecule has 1 aromatic heterocycles. The van der Waals surface area contributed by atoms with Crippen LogP contribution in [0.15, 0.2) is 42.6 Å². The number of aromatic nitrogens is 3. The second-order valence-electron chi connectivity index (χ2n) is 5.29. The van der Waals surface area contributed by atoms with Crippen LogP contribution in [0, 0.1) is 25.5 Å². The molecule has 0 fully saturated rings. The third kappa shape index (κ3) is 3.45. The van der Waals surface area contributed by atoms with Crippen molar-refractivity contribution >= 4 is 23.1 Å². The van der Waals surface area contributed by atoms with E-state index in [1.165, 1.54) is 12.3 Å². The van der Waals surface area contributed by atoms with Crippen LogP contribution in [0.25, 0.3) is 0 Å². The van der Waals surface area contributed by atoms with Crippen molar-refractivity contribution in [2.24, 2.45) is 0 Å². The van der Waals surface area contributed by atoms with Gasteiger partial charge in [0.2, 0.25) is 5.95 Å². The van der Waals surface area contributed by atoms with E-state index in [4.69, 9.17) is 0 Å². The van der Waals surface area contributed by atoms with E-state index in [1.807, 2.05) is 32.0 Å². The van der Waals surface area contributed by atoms with E-state index in [2.05, 4.69) is 25.8 Å². The summed E-state index contributed by atoms with van der Waals surface area (Å²) in [5.41, 5.74) is 3.47. The van der Waals surface area contributed by atoms with Gasteiger partial charge in [-0.1, -0.05) is 12.1 Å². The Hall–Kier alpha value is -3.09. The first-order valence-electron chi connectivity index (χ1n) is 7.28. The van der Waals surface area contributed by atoms with E-state index in [0.29, 0.717) is 17.5 Å². The zero-order valence-corrected chi connectivity index (χ0v) is 13.1. The predicted octanol–water partition coefficient (Wildman–Crippen LogP) is 4.25. The number of rotatable bonds is 4. The highest BCUT2D eigenvalue weighted by molar-refractivity contribution is 5.62. The molecule has 0 saturated heterocycles. The molecule has 2 N–H and O–H groups in total. The Morgan fingerprint density at radius 2 is 1.79 bits per heavy atom. The lowest BCUT2D eigenvalue weighted by Gasteiger charge is -2.11. The smallest absolute Gasteiger partial charge is 0.249 e. The summed E-state index contributed by atoms with van der Waals surface area (Å²) in [5.74, 6) is -1.17. The van der Waals surface area contributed by atoms with Gasteiger partial charge in [-0.25, -0.2) is 8.78 Å². The second-order valence-corrected chi connectivity index (χ2v) is 5.29. The number of anilines is 4. The lowest BCUT2D eigenvalue weighted by molar-refractivity contribution is 0.509. The minimum Gasteiger partial charge on any atom is -0.339 e. The van der Waals surface area contributed by atoms with Gasteiger partial charge in [0, 0.05) is 17.4 Å². The lowest BCUT2D eigenvalue weighted by atomic mass is 10.1. The predicted molar refractivity (Wildman–Crippen MR) is 88.7 cm³/mol. The van der Waals surface area contributed by atoms with Crippen LogP contribution in [0.2, 0.25) is 0 Å². The Bertz CT molecular complexity index is 883. The zero-order valence-electron chi connectivity index (χ0n) is 13.1. The van der Waals surface area contributed by atoms with Crippen LogP contribution >= 0.6 is 0 Å². The summed E-state index contributed by atoms with van der Waals surface area (Å²) in [4.78, 5) is 4.27. The fourth-order valence-electron chi connectivity index (χ4n) is 2.15. The van der Waals surface area contributed by atoms with Gasteiger partial charge in [0.1, 0.15) is 0 Å². The molecule has 5 nitrogen and oxygen atoms in total. The highest BCUT2D eigenvalue weighted by Gasteiger charge is 2.07. The van der Waals surface area contributed by atoms with E-state index >= 15 is 0 Å². The summed E-state index contributed by atoms with van der Waals surface area (Å²) >= 11 is 0. The summed E-state index contributed by atoms with van der Waals surface area (Å²) in [6.07, 6.45) is 1.40. The molecule has 3 aromatic rings. The maximum Gasteiger partial charge on any atom is 0.249 e. The minimum absolute atomic E-state index is 0.302. The third-order valence-corrected chi connectivity index (χ3v) is 3.60. The first-order valence-corrected chi connectivity index (χ1v) is 7.28. The summed E-state index contributed by atoms with van der Waals surface area (Å²) in [6.45, 7) is 4.01. The molecule has 0 aliphatic rings. The van der Waals surface area contributed by atoms with Crippen molar-refractivity contribution in [3.63, 3.8) is 0 Å². The van der Waals surface area contributed by atoms with Gasteiger partial charge < -0.3 is 10.6 Å². The van der Waals surface area contributed by atoms with Crippen molar-refractivity contribution in [3.05, 3.63) is 65.4 Å². The molecule has 2 aromatic carbocycles. The topological polar surface area (TPSA) is 62.7 Å². The van der Waals surface area contributed by atoms with Crippen molar-refractivity contribution in [1.82, 2.24) is 15.2 Å². The largest absolute Gasteiger partial charge is 0.339 e. The molecule has 3 rings (SSSR count). The molecule has 0 spiro atoms. The first-order chi connectivity index (χ1) is 11.5. The highest BCUT2D eigenvalue weighted by Crippen LogP contribution is 2.22. The molecule has 0 bridgehead atoms. The van der Waals surface area contributed by atoms with Crippen LogP contribution in [0.3, 0.4) is 0 Å². The molecule has 1 heterocycles. The van der Waals surface area contributed by atoms with E-state index in [0.717, 1.165) is 28.9 Å². The molecule has 24 heavy (non-hydrogen) atoms. The fraction of sp³-hybridized carbons (Fsp3) is 0.118. The van der Waals surface area contributed by atoms with Gasteiger partial charge in [0.25, 0.3) is 0 Å². The molecule has 0 amide bonds. The van der Waals surface area contributed by atoms with Gasteiger partial charge in [-0.15, -0.1) is 5.10 Å². The summed E-state index contributed by atoms with van der Waals surface area (Å²) < 4.78 is 26.2. The summed E-state index contributed by atoms with van der Waals surface area (Å²) in [5, 5.41) is 13.8. The van der Waals surface area contributed by atoms with E-state index in [-0.39, 0.29) is 0 Å². The molecule has 7 heteroatoms. The number of benzene rings is 2. The van der Waals surface area contributed by atoms with Gasteiger partial charge in [-0.05, 0) is 43.2 Å². The van der Waals surface area contributed by atoms with Crippen LogP contribution < -0.4 is 10.6 Å². The number of aryl methyl sites for hydroxylation is 1. The standard InChI is InChI=1S/C17H15F2N5/c1-10-4-3-5-15(11(10)2)22-17-23-16(9-20-24-17)21-12-6-7-13(18)14(19)8-12/h3-9H,1-2H3,(H2,21,22,23,24). The molecule has 0 aliphatic carbocycles. The van der Waals surface area contributed by atoms with Crippen LogP contribution in [-0.4, -0.2) is 15.2 Å². The van der Waals surface area contributed by atoms with E-state index in [1.54, 1.807) is 0 Å². The van der Waals surface area contributed by atoms with Gasteiger partial charge in [-0.2, -0.15) is 10.1 Å². The Morgan fingerprint density at radius 3 is 2.58 bits per heavy atom. The molecule has 0 aliphatic heterocycles. The third-order valence-electron chi connectivity index (χ3n) is 3.60. The van der Waals surface area contributed by atoms with Gasteiger partial charge >= 0.3 is 0 Å². The molecule has 0 atom stereocenters. The molecular weight excluding hydrogens is 312 g/mol. The quantitative estimate of drug-likeness (QED) is 0.750. The summed E-state index contributed by atoms with van der Waals surface area (Å²) in [6, 6.07) is 9.37. The Balaban J connectivity index is 1.81. The van der Waals surface area contributed by atoms with Crippen molar-refractivity contribution < 1.29 is 8.78 Å². The van der Waals surface area contributed by atoms with Crippen molar-refractivity contribution in [1.29, 1.82) is 0 Å². The monoisotopic (exact) mass is 327 g/mol. The average Bonchev–Trinajstić information content (AvgIpc) is 2.56. The normalized spacial score (nSPS) is 10.5. The average molecular weight is 327 g/mol. The molecule has 0 radical (unpaired) electrons. The Kier molecular flexibility index (Phi) is 4.33.